The molecule has 0 nitrogen and oxygen atoms in total. The van der Waals surface area contributed by atoms with Gasteiger partial charge >= 0.3 is 0 Å². The Kier molecular flexibility index (Phi) is 6.39. The zero-order valence-corrected chi connectivity index (χ0v) is 30.0. The molecule has 10 aromatic rings. The van der Waals surface area contributed by atoms with Crippen LogP contribution < -0.4 is 10.4 Å². The van der Waals surface area contributed by atoms with Crippen molar-refractivity contribution in [2.24, 2.45) is 0 Å². The van der Waals surface area contributed by atoms with Gasteiger partial charge in [-0.3, -0.25) is 0 Å². The maximum atomic E-state index is 2.55. The quantitative estimate of drug-likeness (QED) is 0.128. The van der Waals surface area contributed by atoms with E-state index in [2.05, 4.69) is 170 Å². The first kappa shape index (κ1) is 30.0. The van der Waals surface area contributed by atoms with Crippen LogP contribution in [-0.4, -0.2) is 0 Å². The van der Waals surface area contributed by atoms with Crippen LogP contribution in [-0.2, 0) is 12.8 Å². The molecule has 0 bridgehead atoms. The molecule has 0 aromatic heterocycles. The first-order valence-corrected chi connectivity index (χ1v) is 19.5. The molecule has 54 heavy (non-hydrogen) atoms. The number of fused-ring (bicyclic) bond motifs is 9. The molecular weight excluding hydrogens is 649 g/mol. The summed E-state index contributed by atoms with van der Waals surface area (Å²) in [4.78, 5) is 0. The van der Waals surface area contributed by atoms with Gasteiger partial charge in [-0.2, -0.15) is 0 Å². The van der Waals surface area contributed by atoms with Crippen LogP contribution in [0.25, 0.3) is 98.5 Å². The molecule has 0 spiro atoms. The van der Waals surface area contributed by atoms with Crippen LogP contribution in [0.2, 0.25) is 0 Å². The lowest BCUT2D eigenvalue weighted by molar-refractivity contribution is 0.946. The molecule has 252 valence electrons. The lowest BCUT2D eigenvalue weighted by Crippen LogP contribution is -2.20. The molecule has 0 aliphatic heterocycles. The number of rotatable bonds is 3. The zero-order valence-electron chi connectivity index (χ0n) is 30.0. The van der Waals surface area contributed by atoms with Gasteiger partial charge in [0, 0.05) is 0 Å². The molecule has 0 atom stereocenters. The van der Waals surface area contributed by atoms with Crippen LogP contribution in [0.4, 0.5) is 0 Å². The topological polar surface area (TPSA) is 0 Å². The van der Waals surface area contributed by atoms with Crippen LogP contribution in [0.5, 0.6) is 0 Å². The van der Waals surface area contributed by atoms with E-state index in [4.69, 9.17) is 0 Å². The van der Waals surface area contributed by atoms with Crippen molar-refractivity contribution in [3.63, 3.8) is 0 Å². The summed E-state index contributed by atoms with van der Waals surface area (Å²) in [5.74, 6) is 0. The predicted octanol–water partition coefficient (Wildman–Crippen LogP) is 12.8. The van der Waals surface area contributed by atoms with Crippen molar-refractivity contribution in [1.82, 2.24) is 0 Å². The van der Waals surface area contributed by atoms with Gasteiger partial charge in [0.05, 0.1) is 0 Å². The van der Waals surface area contributed by atoms with E-state index in [0.717, 1.165) is 25.7 Å². The van der Waals surface area contributed by atoms with Crippen LogP contribution in [0.15, 0.2) is 164 Å². The molecule has 2 aliphatic rings. The third kappa shape index (κ3) is 4.14. The van der Waals surface area contributed by atoms with E-state index in [1.54, 1.807) is 11.1 Å². The van der Waals surface area contributed by atoms with Gasteiger partial charge in [0.2, 0.25) is 0 Å². The van der Waals surface area contributed by atoms with Crippen molar-refractivity contribution in [1.29, 1.82) is 0 Å². The summed E-state index contributed by atoms with van der Waals surface area (Å²) >= 11 is 0. The van der Waals surface area contributed by atoms with E-state index < -0.39 is 0 Å². The Hall–Kier alpha value is -6.50. The average Bonchev–Trinajstić information content (AvgIpc) is 3.25. The second-order valence-corrected chi connectivity index (χ2v) is 15.3. The minimum Gasteiger partial charge on any atom is -0.0763 e. The highest BCUT2D eigenvalue weighted by molar-refractivity contribution is 6.36. The van der Waals surface area contributed by atoms with E-state index in [0.29, 0.717) is 0 Å². The highest BCUT2D eigenvalue weighted by Crippen LogP contribution is 2.50. The number of benzene rings is 10. The van der Waals surface area contributed by atoms with Crippen LogP contribution >= 0.6 is 0 Å². The van der Waals surface area contributed by atoms with E-state index in [-0.39, 0.29) is 0 Å². The third-order valence-corrected chi connectivity index (χ3v) is 12.6. The molecule has 0 radical (unpaired) electrons. The maximum absolute atomic E-state index is 2.55. The van der Waals surface area contributed by atoms with Crippen molar-refractivity contribution in [2.75, 3.05) is 0 Å². The molecule has 10 aromatic carbocycles. The monoisotopic (exact) mass is 684 g/mol. The van der Waals surface area contributed by atoms with Crippen molar-refractivity contribution in [3.05, 3.63) is 191 Å². The van der Waals surface area contributed by atoms with E-state index >= 15 is 0 Å². The third-order valence-electron chi connectivity index (χ3n) is 12.6. The van der Waals surface area contributed by atoms with Crippen molar-refractivity contribution >= 4 is 76.3 Å². The normalized spacial score (nSPS) is 13.7. The fourth-order valence-corrected chi connectivity index (χ4v) is 10.5. The van der Waals surface area contributed by atoms with Gasteiger partial charge in [0.25, 0.3) is 0 Å². The van der Waals surface area contributed by atoms with Crippen molar-refractivity contribution < 1.29 is 0 Å². The SMILES string of the molecule is C1=c2cccc3c2c(c2c4c(cccc43)=C(c3ccc4c(-c5ccccc5)c5c6ccccc6c6ccccc6c5c(-c5ccccc5)c4c3)CC2)CC1. The Bertz CT molecular complexity index is 3350. The molecule has 12 rings (SSSR count). The maximum Gasteiger partial charge on any atom is -0.000763 e. The molecule has 2 aliphatic carbocycles. The van der Waals surface area contributed by atoms with E-state index in [9.17, 15) is 0 Å². The van der Waals surface area contributed by atoms with Crippen LogP contribution in [0, 0.1) is 0 Å². The molecule has 0 saturated heterocycles. The minimum atomic E-state index is 1.04. The number of aryl methyl sites for hydroxylation is 2. The van der Waals surface area contributed by atoms with Gasteiger partial charge in [-0.25, -0.2) is 0 Å². The summed E-state index contributed by atoms with van der Waals surface area (Å²) in [7, 11) is 0. The van der Waals surface area contributed by atoms with Gasteiger partial charge in [-0.15, -0.1) is 0 Å². The summed E-state index contributed by atoms with van der Waals surface area (Å²) in [5.41, 5.74) is 11.1. The zero-order chi connectivity index (χ0) is 35.3. The Morgan fingerprint density at radius 2 is 0.852 bits per heavy atom. The van der Waals surface area contributed by atoms with Crippen molar-refractivity contribution in [3.8, 4) is 22.3 Å². The van der Waals surface area contributed by atoms with E-state index in [1.807, 2.05) is 0 Å². The van der Waals surface area contributed by atoms with Crippen LogP contribution in [0.1, 0.15) is 29.5 Å². The summed E-state index contributed by atoms with van der Waals surface area (Å²) in [6.45, 7) is 0. The molecule has 0 heterocycles. The average molecular weight is 685 g/mol. The van der Waals surface area contributed by atoms with Crippen molar-refractivity contribution in [2.45, 2.75) is 25.7 Å². The summed E-state index contributed by atoms with van der Waals surface area (Å²) < 4.78 is 0. The minimum absolute atomic E-state index is 1.04. The lowest BCUT2D eigenvalue weighted by atomic mass is 9.78. The van der Waals surface area contributed by atoms with Crippen LogP contribution in [0.3, 0.4) is 0 Å². The molecule has 0 N–H and O–H groups in total. The fraction of sp³-hybridized carbons (Fsp3) is 0.0741. The molecule has 0 fully saturated rings. The second-order valence-electron chi connectivity index (χ2n) is 15.3. The largest absolute Gasteiger partial charge is 0.0763 e. The Morgan fingerprint density at radius 1 is 0.315 bits per heavy atom. The lowest BCUT2D eigenvalue weighted by Gasteiger charge is -2.25. The van der Waals surface area contributed by atoms with Gasteiger partial charge in [0.15, 0.2) is 0 Å². The summed E-state index contributed by atoms with van der Waals surface area (Å²) in [6.07, 6.45) is 6.82. The van der Waals surface area contributed by atoms with Gasteiger partial charge in [0.1, 0.15) is 0 Å². The molecule has 0 heteroatoms. The standard InChI is InChI=1S/C54H36/c1-3-14-34(15-4-1)50-47-29-28-36(37-30-31-46-44-25-12-19-33-18-11-24-43(49(33)44)45-27-13-26-40(37)52(45)46)32-48(47)51(35-16-5-2-6-17-35)54-42-23-10-8-21-39(42)38-20-7-9-22-41(38)53(50)54/h1-11,13-24,26-29,32H,12,25,30-31H2. The highest BCUT2D eigenvalue weighted by atomic mass is 14.3. The molecule has 0 amide bonds. The molecule has 0 unspecified atom stereocenters. The van der Waals surface area contributed by atoms with Gasteiger partial charge < -0.3 is 0 Å². The predicted molar refractivity (Wildman–Crippen MR) is 232 cm³/mol. The van der Waals surface area contributed by atoms with Gasteiger partial charge in [-0.05, 0) is 151 Å². The summed E-state index contributed by atoms with van der Waals surface area (Å²) in [5, 5.41) is 19.1. The Balaban J connectivity index is 1.28. The second kappa shape index (κ2) is 11.5. The first-order chi connectivity index (χ1) is 26.8. The molecular formula is C54H36. The number of hydrogen-bond donors (Lipinski definition) is 0. The Morgan fingerprint density at radius 3 is 1.54 bits per heavy atom. The number of hydrogen-bond acceptors (Lipinski definition) is 0. The first-order valence-electron chi connectivity index (χ1n) is 19.5. The smallest absolute Gasteiger partial charge is 0.000763 e. The van der Waals surface area contributed by atoms with Gasteiger partial charge in [-0.1, -0.05) is 164 Å². The Labute approximate surface area is 313 Å². The summed E-state index contributed by atoms with van der Waals surface area (Å²) in [6, 6.07) is 61.7. The molecule has 0 saturated carbocycles. The highest BCUT2D eigenvalue weighted by Gasteiger charge is 2.25. The van der Waals surface area contributed by atoms with E-state index in [1.165, 1.54) is 108 Å². The fourth-order valence-electron chi connectivity index (χ4n) is 10.5.